The molecule has 0 bridgehead atoms. The van der Waals surface area contributed by atoms with Gasteiger partial charge in [0.1, 0.15) is 110 Å². The van der Waals surface area contributed by atoms with E-state index in [9.17, 15) is 91.9 Å². The van der Waals surface area contributed by atoms with E-state index in [0.29, 0.717) is 0 Å². The Morgan fingerprint density at radius 2 is 0.700 bits per heavy atom. The molecule has 1 saturated heterocycles. The lowest BCUT2D eigenvalue weighted by Gasteiger charge is -2.42. The lowest BCUT2D eigenvalue weighted by Crippen LogP contribution is -2.64. The van der Waals surface area contributed by atoms with Crippen LogP contribution in [0, 0.1) is 0 Å². The minimum atomic E-state index is -2.72. The first-order chi connectivity index (χ1) is 18.3. The van der Waals surface area contributed by atoms with Crippen molar-refractivity contribution >= 4 is 0 Å². The second-order valence-corrected chi connectivity index (χ2v) is 9.59. The zero-order valence-electron chi connectivity index (χ0n) is 20.6. The summed E-state index contributed by atoms with van der Waals surface area (Å²) in [6.45, 7) is -1.09. The number of aliphatic hydroxyl groups is 19. The topological polar surface area (TPSA) is 394 Å². The maximum atomic E-state index is 10.2. The maximum absolute atomic E-state index is 10.2. The van der Waals surface area contributed by atoms with Crippen molar-refractivity contribution in [2.75, 3.05) is 6.61 Å². The zero-order chi connectivity index (χ0) is 31.4. The summed E-state index contributed by atoms with van der Waals surface area (Å²) in [6, 6.07) is 0. The highest BCUT2D eigenvalue weighted by Gasteiger charge is 2.50. The van der Waals surface area contributed by atoms with Crippen LogP contribution in [0.3, 0.4) is 0 Å². The Kier molecular flexibility index (Phi) is 14.5. The van der Waals surface area contributed by atoms with Gasteiger partial charge >= 0.3 is 0 Å². The Labute approximate surface area is 225 Å². The molecule has 1 heterocycles. The van der Waals surface area contributed by atoms with E-state index < -0.39 is 123 Å². The number of hydrogen-bond donors (Lipinski definition) is 19. The Hall–Kier alpha value is -0.800. The van der Waals surface area contributed by atoms with Crippen LogP contribution in [0.15, 0.2) is 0 Å². The molecule has 0 aromatic rings. The van der Waals surface area contributed by atoms with Gasteiger partial charge < -0.3 is 102 Å². The maximum Gasteiger partial charge on any atom is 0.184 e. The molecular formula is C20H40O20. The van der Waals surface area contributed by atoms with Gasteiger partial charge in [-0.3, -0.25) is 0 Å². The van der Waals surface area contributed by atoms with E-state index in [4.69, 9.17) is 5.11 Å². The average molecular weight is 601 g/mol. The third-order valence-corrected chi connectivity index (χ3v) is 6.74. The van der Waals surface area contributed by atoms with Gasteiger partial charge in [0.2, 0.25) is 0 Å². The van der Waals surface area contributed by atoms with Crippen LogP contribution in [0.25, 0.3) is 0 Å². The standard InChI is InChI=1S/C20H40O20/c21-1-2(22)3(23)4(24)5(25)6(26)7(27)8(28)9(29)10(30)11(31)12(32)13(33)14(34)16(36)19-17(37)15(35)18(38)20(39)40-19/h2-39H,1H2. The fourth-order valence-corrected chi connectivity index (χ4v) is 3.92. The van der Waals surface area contributed by atoms with Gasteiger partial charge in [-0.15, -0.1) is 0 Å². The summed E-state index contributed by atoms with van der Waals surface area (Å²) in [4.78, 5) is 0. The van der Waals surface area contributed by atoms with E-state index >= 15 is 0 Å². The predicted molar refractivity (Wildman–Crippen MR) is 120 cm³/mol. The van der Waals surface area contributed by atoms with Crippen LogP contribution in [0.1, 0.15) is 0 Å². The van der Waals surface area contributed by atoms with Crippen LogP contribution in [-0.2, 0) is 4.74 Å². The molecule has 40 heavy (non-hydrogen) atoms. The first-order valence-corrected chi connectivity index (χ1v) is 11.8. The van der Waals surface area contributed by atoms with Gasteiger partial charge in [0.05, 0.1) is 6.61 Å². The van der Waals surface area contributed by atoms with Crippen LogP contribution in [0.5, 0.6) is 0 Å². The Balaban J connectivity index is 2.88. The zero-order valence-corrected chi connectivity index (χ0v) is 20.6. The van der Waals surface area contributed by atoms with Crippen molar-refractivity contribution in [3.63, 3.8) is 0 Å². The minimum absolute atomic E-state index is 1.09. The van der Waals surface area contributed by atoms with Gasteiger partial charge in [0.25, 0.3) is 0 Å². The van der Waals surface area contributed by atoms with Crippen molar-refractivity contribution in [1.29, 1.82) is 0 Å². The average Bonchev–Trinajstić information content (AvgIpc) is 2.95. The van der Waals surface area contributed by atoms with Gasteiger partial charge in [-0.25, -0.2) is 0 Å². The van der Waals surface area contributed by atoms with E-state index in [2.05, 4.69) is 4.74 Å². The molecule has 240 valence electrons. The van der Waals surface area contributed by atoms with Crippen molar-refractivity contribution in [1.82, 2.24) is 0 Å². The third-order valence-electron chi connectivity index (χ3n) is 6.74. The van der Waals surface area contributed by atoms with E-state index in [1.807, 2.05) is 0 Å². The van der Waals surface area contributed by atoms with E-state index in [-0.39, 0.29) is 0 Å². The SMILES string of the molecule is OCC(O)C(O)C(O)C(O)C(O)C(O)C(O)C(O)C(O)C(O)C(O)C(O)C(O)C(O)C1OC(O)C(O)C(O)C1O. The van der Waals surface area contributed by atoms with Crippen LogP contribution in [-0.4, -0.2) is 220 Å². The molecule has 19 atom stereocenters. The molecule has 19 N–H and O–H groups in total. The molecule has 20 heteroatoms. The summed E-state index contributed by atoms with van der Waals surface area (Å²) in [6.07, 6.45) is -46.1. The van der Waals surface area contributed by atoms with Crippen LogP contribution in [0.2, 0.25) is 0 Å². The smallest absolute Gasteiger partial charge is 0.184 e. The Bertz CT molecular complexity index is 734. The summed E-state index contributed by atoms with van der Waals surface area (Å²) < 4.78 is 4.67. The monoisotopic (exact) mass is 600 g/mol. The first-order valence-electron chi connectivity index (χ1n) is 11.8. The molecule has 1 rings (SSSR count). The number of aliphatic hydroxyl groups excluding tert-OH is 19. The molecule has 19 unspecified atom stereocenters. The summed E-state index contributed by atoms with van der Waals surface area (Å²) in [5.74, 6) is 0. The van der Waals surface area contributed by atoms with Gasteiger partial charge in [-0.1, -0.05) is 0 Å². The molecule has 20 nitrogen and oxygen atoms in total. The molecule has 0 aliphatic carbocycles. The highest BCUT2D eigenvalue weighted by atomic mass is 16.6. The Morgan fingerprint density at radius 3 is 1.02 bits per heavy atom. The summed E-state index contributed by atoms with van der Waals surface area (Å²) >= 11 is 0. The molecule has 1 fully saturated rings. The van der Waals surface area contributed by atoms with Crippen molar-refractivity contribution in [3.8, 4) is 0 Å². The van der Waals surface area contributed by atoms with Crippen molar-refractivity contribution in [2.45, 2.75) is 116 Å². The second kappa shape index (κ2) is 15.6. The highest BCUT2D eigenvalue weighted by Crippen LogP contribution is 2.26. The lowest BCUT2D eigenvalue weighted by atomic mass is 9.87. The fourth-order valence-electron chi connectivity index (χ4n) is 3.92. The van der Waals surface area contributed by atoms with E-state index in [0.717, 1.165) is 0 Å². The van der Waals surface area contributed by atoms with Gasteiger partial charge in [-0.2, -0.15) is 0 Å². The quantitative estimate of drug-likeness (QED) is 0.0828. The summed E-state index contributed by atoms with van der Waals surface area (Å²) in [7, 11) is 0. The number of hydrogen-bond acceptors (Lipinski definition) is 20. The molecule has 0 aromatic heterocycles. The normalized spacial score (nSPS) is 34.7. The molecule has 0 spiro atoms. The molecule has 1 aliphatic heterocycles. The van der Waals surface area contributed by atoms with Crippen LogP contribution in [0.4, 0.5) is 0 Å². The lowest BCUT2D eigenvalue weighted by molar-refractivity contribution is -0.306. The molecular weight excluding hydrogens is 560 g/mol. The van der Waals surface area contributed by atoms with Crippen molar-refractivity contribution < 1.29 is 102 Å². The largest absolute Gasteiger partial charge is 0.394 e. The van der Waals surface area contributed by atoms with Gasteiger partial charge in [0, 0.05) is 0 Å². The molecule has 0 radical (unpaired) electrons. The number of rotatable bonds is 15. The van der Waals surface area contributed by atoms with Gasteiger partial charge in [0.15, 0.2) is 6.29 Å². The molecule has 0 amide bonds. The molecule has 0 saturated carbocycles. The van der Waals surface area contributed by atoms with E-state index in [1.54, 1.807) is 0 Å². The van der Waals surface area contributed by atoms with Crippen LogP contribution >= 0.6 is 0 Å². The summed E-state index contributed by atoms with van der Waals surface area (Å²) in [5, 5.41) is 187. The summed E-state index contributed by atoms with van der Waals surface area (Å²) in [5.41, 5.74) is 0. The third kappa shape index (κ3) is 8.18. The minimum Gasteiger partial charge on any atom is -0.394 e. The first kappa shape index (κ1) is 37.2. The molecule has 0 aromatic carbocycles. The van der Waals surface area contributed by atoms with Gasteiger partial charge in [-0.05, 0) is 0 Å². The van der Waals surface area contributed by atoms with E-state index in [1.165, 1.54) is 0 Å². The predicted octanol–water partition coefficient (Wildman–Crippen LogP) is -12.2. The van der Waals surface area contributed by atoms with Crippen molar-refractivity contribution in [2.24, 2.45) is 0 Å². The second-order valence-electron chi connectivity index (χ2n) is 9.59. The Morgan fingerprint density at radius 1 is 0.400 bits per heavy atom. The fraction of sp³-hybridized carbons (Fsp3) is 1.00. The van der Waals surface area contributed by atoms with Crippen LogP contribution < -0.4 is 0 Å². The highest BCUT2D eigenvalue weighted by molar-refractivity contribution is 4.99. The molecule has 1 aliphatic rings. The van der Waals surface area contributed by atoms with Crippen molar-refractivity contribution in [3.05, 3.63) is 0 Å². The number of ether oxygens (including phenoxy) is 1.